The Morgan fingerprint density at radius 3 is 2.76 bits per heavy atom. The van der Waals surface area contributed by atoms with Gasteiger partial charge in [-0.15, -0.1) is 0 Å². The first kappa shape index (κ1) is 15.8. The van der Waals surface area contributed by atoms with Gasteiger partial charge in [-0.1, -0.05) is 23.2 Å². The predicted octanol–water partition coefficient (Wildman–Crippen LogP) is 3.32. The Balaban J connectivity index is 1.65. The van der Waals surface area contributed by atoms with Crippen LogP contribution in [0.4, 0.5) is 0 Å². The average Bonchev–Trinajstić information content (AvgIpc) is 2.94. The van der Waals surface area contributed by atoms with Crippen LogP contribution in [-0.2, 0) is 11.3 Å². The van der Waals surface area contributed by atoms with Gasteiger partial charge in [-0.2, -0.15) is 0 Å². The number of aromatic nitrogens is 1. The second-order valence-corrected chi connectivity index (χ2v) is 5.02. The molecule has 0 radical (unpaired) electrons. The number of carbonyl (C=O) groups excluding carboxylic acids is 1. The minimum absolute atomic E-state index is 0.189. The molecule has 0 bridgehead atoms. The van der Waals surface area contributed by atoms with Crippen molar-refractivity contribution in [2.24, 2.45) is 0 Å². The zero-order valence-electron chi connectivity index (χ0n) is 11.1. The Morgan fingerprint density at radius 2 is 2.10 bits per heavy atom. The molecule has 0 aliphatic rings. The third-order valence-electron chi connectivity index (χ3n) is 2.60. The highest BCUT2D eigenvalue weighted by Gasteiger charge is 2.08. The van der Waals surface area contributed by atoms with E-state index in [2.05, 4.69) is 10.3 Å². The van der Waals surface area contributed by atoms with E-state index in [1.807, 2.05) is 12.1 Å². The number of hydrogen-bond donors (Lipinski definition) is 1. The smallest absolute Gasteiger partial charge is 0.251 e. The number of ether oxygens (including phenoxy) is 1. The van der Waals surface area contributed by atoms with E-state index in [4.69, 9.17) is 32.4 Å². The second kappa shape index (κ2) is 8.02. The molecule has 0 aromatic carbocycles. The van der Waals surface area contributed by atoms with Gasteiger partial charge >= 0.3 is 0 Å². The summed E-state index contributed by atoms with van der Waals surface area (Å²) in [5.74, 6) is 0.535. The van der Waals surface area contributed by atoms with E-state index in [1.165, 1.54) is 12.1 Å². The lowest BCUT2D eigenvalue weighted by Crippen LogP contribution is -2.25. The quantitative estimate of drug-likeness (QED) is 0.625. The van der Waals surface area contributed by atoms with Gasteiger partial charge in [0.25, 0.3) is 5.91 Å². The van der Waals surface area contributed by atoms with Gasteiger partial charge in [0.1, 0.15) is 22.7 Å². The van der Waals surface area contributed by atoms with Crippen LogP contribution in [-0.4, -0.2) is 24.0 Å². The number of rotatable bonds is 7. The Bertz CT molecular complexity index is 568. The molecule has 1 N–H and O–H groups in total. The minimum Gasteiger partial charge on any atom is -0.467 e. The molecule has 0 saturated carbocycles. The summed E-state index contributed by atoms with van der Waals surface area (Å²) < 4.78 is 10.5. The summed E-state index contributed by atoms with van der Waals surface area (Å²) in [6.07, 6.45) is 2.29. The first-order valence-electron chi connectivity index (χ1n) is 6.36. The van der Waals surface area contributed by atoms with E-state index >= 15 is 0 Å². The lowest BCUT2D eigenvalue weighted by atomic mass is 10.2. The van der Waals surface area contributed by atoms with Crippen molar-refractivity contribution in [2.45, 2.75) is 13.0 Å². The Kier molecular flexibility index (Phi) is 6.04. The third-order valence-corrected chi connectivity index (χ3v) is 2.99. The molecule has 112 valence electrons. The number of halogens is 2. The highest BCUT2D eigenvalue weighted by Crippen LogP contribution is 2.14. The van der Waals surface area contributed by atoms with Crippen LogP contribution >= 0.6 is 23.2 Å². The van der Waals surface area contributed by atoms with Crippen LogP contribution < -0.4 is 5.32 Å². The van der Waals surface area contributed by atoms with Gasteiger partial charge < -0.3 is 14.5 Å². The van der Waals surface area contributed by atoms with Gasteiger partial charge in [-0.3, -0.25) is 4.79 Å². The van der Waals surface area contributed by atoms with Gasteiger partial charge in [0.2, 0.25) is 0 Å². The molecular weight excluding hydrogens is 315 g/mol. The number of carbonyl (C=O) groups is 1. The summed E-state index contributed by atoms with van der Waals surface area (Å²) in [5.41, 5.74) is 0.386. The molecule has 2 rings (SSSR count). The van der Waals surface area contributed by atoms with E-state index in [0.717, 1.165) is 5.76 Å². The molecule has 0 spiro atoms. The maximum absolute atomic E-state index is 11.9. The number of nitrogens with one attached hydrogen (secondary N) is 1. The molecular formula is C14H14Cl2N2O3. The fraction of sp³-hybridized carbons (Fsp3) is 0.286. The topological polar surface area (TPSA) is 64.4 Å². The van der Waals surface area contributed by atoms with Gasteiger partial charge in [-0.05, 0) is 30.7 Å². The van der Waals surface area contributed by atoms with Crippen LogP contribution in [0.5, 0.6) is 0 Å². The third kappa shape index (κ3) is 5.38. The summed E-state index contributed by atoms with van der Waals surface area (Å²) in [6, 6.07) is 6.59. The van der Waals surface area contributed by atoms with Gasteiger partial charge in [0.05, 0.1) is 6.26 Å². The van der Waals surface area contributed by atoms with Crippen LogP contribution in [0, 0.1) is 0 Å². The van der Waals surface area contributed by atoms with Crippen molar-refractivity contribution in [2.75, 3.05) is 13.2 Å². The largest absolute Gasteiger partial charge is 0.467 e. The first-order valence-corrected chi connectivity index (χ1v) is 7.12. The van der Waals surface area contributed by atoms with Crippen molar-refractivity contribution in [3.05, 3.63) is 52.2 Å². The fourth-order valence-electron chi connectivity index (χ4n) is 1.64. The normalized spacial score (nSPS) is 10.6. The first-order chi connectivity index (χ1) is 10.1. The summed E-state index contributed by atoms with van der Waals surface area (Å²) in [4.78, 5) is 15.6. The minimum atomic E-state index is -0.243. The zero-order chi connectivity index (χ0) is 15.1. The Labute approximate surface area is 132 Å². The van der Waals surface area contributed by atoms with E-state index in [9.17, 15) is 4.79 Å². The van der Waals surface area contributed by atoms with E-state index in [0.29, 0.717) is 31.7 Å². The summed E-state index contributed by atoms with van der Waals surface area (Å²) in [5, 5.41) is 3.14. The maximum atomic E-state index is 11.9. The van der Waals surface area contributed by atoms with Gasteiger partial charge in [0.15, 0.2) is 0 Å². The lowest BCUT2D eigenvalue weighted by Gasteiger charge is -2.06. The molecule has 0 aliphatic heterocycles. The number of amides is 1. The highest BCUT2D eigenvalue weighted by molar-refractivity contribution is 6.33. The second-order valence-electron chi connectivity index (χ2n) is 4.24. The van der Waals surface area contributed by atoms with E-state index in [1.54, 1.807) is 6.26 Å². The number of pyridine rings is 1. The summed E-state index contributed by atoms with van der Waals surface area (Å²) >= 11 is 11.5. The number of nitrogens with zero attached hydrogens (tertiary/aromatic N) is 1. The SMILES string of the molecule is O=C(NCCCOCc1ccco1)c1cc(Cl)nc(Cl)c1. The predicted molar refractivity (Wildman–Crippen MR) is 79.6 cm³/mol. The summed E-state index contributed by atoms with van der Waals surface area (Å²) in [6.45, 7) is 1.45. The molecule has 0 fully saturated rings. The molecule has 0 atom stereocenters. The van der Waals surface area contributed by atoms with Crippen molar-refractivity contribution >= 4 is 29.1 Å². The maximum Gasteiger partial charge on any atom is 0.251 e. The molecule has 1 amide bonds. The molecule has 2 aromatic rings. The Hall–Kier alpha value is -1.56. The van der Waals surface area contributed by atoms with Crippen molar-refractivity contribution in [3.8, 4) is 0 Å². The lowest BCUT2D eigenvalue weighted by molar-refractivity contribution is 0.0917. The molecule has 7 heteroatoms. The Morgan fingerprint density at radius 1 is 1.33 bits per heavy atom. The van der Waals surface area contributed by atoms with Crippen LogP contribution in [0.3, 0.4) is 0 Å². The molecule has 2 aromatic heterocycles. The van der Waals surface area contributed by atoms with E-state index < -0.39 is 0 Å². The highest BCUT2D eigenvalue weighted by atomic mass is 35.5. The van der Waals surface area contributed by atoms with Crippen molar-refractivity contribution in [3.63, 3.8) is 0 Å². The standard InChI is InChI=1S/C14H14Cl2N2O3/c15-12-7-10(8-13(16)18-12)14(19)17-4-2-5-20-9-11-3-1-6-21-11/h1,3,6-8H,2,4-5,9H2,(H,17,19). The molecule has 0 saturated heterocycles. The molecule has 2 heterocycles. The van der Waals surface area contributed by atoms with Crippen LogP contribution in [0.1, 0.15) is 22.5 Å². The molecule has 5 nitrogen and oxygen atoms in total. The number of hydrogen-bond acceptors (Lipinski definition) is 4. The monoisotopic (exact) mass is 328 g/mol. The van der Waals surface area contributed by atoms with Gasteiger partial charge in [0, 0.05) is 18.7 Å². The van der Waals surface area contributed by atoms with Crippen molar-refractivity contribution < 1.29 is 13.9 Å². The van der Waals surface area contributed by atoms with Crippen LogP contribution in [0.2, 0.25) is 10.3 Å². The van der Waals surface area contributed by atoms with Crippen LogP contribution in [0.25, 0.3) is 0 Å². The number of furan rings is 1. The van der Waals surface area contributed by atoms with E-state index in [-0.39, 0.29) is 16.2 Å². The van der Waals surface area contributed by atoms with Crippen molar-refractivity contribution in [1.82, 2.24) is 10.3 Å². The summed E-state index contributed by atoms with van der Waals surface area (Å²) in [7, 11) is 0. The fourth-order valence-corrected chi connectivity index (χ4v) is 2.10. The van der Waals surface area contributed by atoms with Gasteiger partial charge in [-0.25, -0.2) is 4.98 Å². The molecule has 0 aliphatic carbocycles. The molecule has 0 unspecified atom stereocenters. The molecule has 21 heavy (non-hydrogen) atoms. The zero-order valence-corrected chi connectivity index (χ0v) is 12.7. The van der Waals surface area contributed by atoms with Crippen LogP contribution in [0.15, 0.2) is 34.9 Å². The average molecular weight is 329 g/mol. The van der Waals surface area contributed by atoms with Crippen molar-refractivity contribution in [1.29, 1.82) is 0 Å².